The number of hydrogen-bond donors (Lipinski definition) is 1. The van der Waals surface area contributed by atoms with Gasteiger partial charge in [0.15, 0.2) is 0 Å². The molecule has 4 aromatic rings. The van der Waals surface area contributed by atoms with Gasteiger partial charge in [0.1, 0.15) is 29.0 Å². The lowest BCUT2D eigenvalue weighted by Gasteiger charge is -2.06. The van der Waals surface area contributed by atoms with Crippen LogP contribution in [0.4, 0.5) is 10.2 Å². The highest BCUT2D eigenvalue weighted by molar-refractivity contribution is 5.90. The molecule has 3 aromatic heterocycles. The first-order chi connectivity index (χ1) is 13.6. The second kappa shape index (κ2) is 7.39. The van der Waals surface area contributed by atoms with E-state index in [1.54, 1.807) is 24.4 Å². The molecular weight excluding hydrogens is 365 g/mol. The van der Waals surface area contributed by atoms with Gasteiger partial charge in [-0.05, 0) is 36.4 Å². The smallest absolute Gasteiger partial charge is 0.266 e. The molecule has 8 nitrogen and oxygen atoms in total. The van der Waals surface area contributed by atoms with Gasteiger partial charge in [0.05, 0.1) is 0 Å². The van der Waals surface area contributed by atoms with E-state index >= 15 is 0 Å². The van der Waals surface area contributed by atoms with E-state index in [0.717, 1.165) is 0 Å². The second-order valence-corrected chi connectivity index (χ2v) is 5.97. The maximum atomic E-state index is 13.2. The Morgan fingerprint density at radius 1 is 1.14 bits per heavy atom. The average Bonchev–Trinajstić information content (AvgIpc) is 3.14. The molecule has 0 aliphatic rings. The lowest BCUT2D eigenvalue weighted by molar-refractivity contribution is -0.116. The van der Waals surface area contributed by atoms with Crippen molar-refractivity contribution >= 4 is 22.8 Å². The summed E-state index contributed by atoms with van der Waals surface area (Å²) in [5, 5.41) is 6.72. The molecule has 4 rings (SSSR count). The fourth-order valence-electron chi connectivity index (χ4n) is 2.71. The number of nitrogens with one attached hydrogen (secondary N) is 1. The fraction of sp³-hybridized carbons (Fsp3) is 0.105. The predicted octanol–water partition coefficient (Wildman–Crippen LogP) is 2.61. The van der Waals surface area contributed by atoms with Crippen LogP contribution in [0.2, 0.25) is 0 Å². The van der Waals surface area contributed by atoms with Gasteiger partial charge < -0.3 is 9.84 Å². The Bertz CT molecular complexity index is 1190. The number of nitrogens with zero attached hydrogens (tertiary/aromatic N) is 4. The number of rotatable bonds is 5. The fourth-order valence-corrected chi connectivity index (χ4v) is 2.71. The van der Waals surface area contributed by atoms with Crippen LogP contribution in [0.3, 0.4) is 0 Å². The van der Waals surface area contributed by atoms with Crippen LogP contribution in [-0.2, 0) is 11.3 Å². The Kier molecular flexibility index (Phi) is 4.63. The van der Waals surface area contributed by atoms with E-state index in [4.69, 9.17) is 4.52 Å². The van der Waals surface area contributed by atoms with Crippen molar-refractivity contribution in [3.05, 3.63) is 71.2 Å². The standard InChI is InChI=1S/C19H14FN5O3/c20-13-6-4-12(5-7-13)17-16-18(28-24-17)22-11-25(19(16)27)10-8-15(26)23-14-3-1-2-9-21-14/h1-7,9,11H,8,10H2,(H,21,23,26). The summed E-state index contributed by atoms with van der Waals surface area (Å²) in [6, 6.07) is 10.7. The predicted molar refractivity (Wildman–Crippen MR) is 98.9 cm³/mol. The number of amides is 1. The van der Waals surface area contributed by atoms with E-state index in [1.165, 1.54) is 35.2 Å². The summed E-state index contributed by atoms with van der Waals surface area (Å²) < 4.78 is 19.6. The van der Waals surface area contributed by atoms with Crippen molar-refractivity contribution in [3.63, 3.8) is 0 Å². The Morgan fingerprint density at radius 3 is 2.71 bits per heavy atom. The monoisotopic (exact) mass is 379 g/mol. The molecule has 1 aromatic carbocycles. The largest absolute Gasteiger partial charge is 0.335 e. The van der Waals surface area contributed by atoms with Gasteiger partial charge in [0.2, 0.25) is 5.91 Å². The molecule has 0 saturated heterocycles. The summed E-state index contributed by atoms with van der Waals surface area (Å²) in [5.74, 6) is -0.244. The molecule has 0 bridgehead atoms. The van der Waals surface area contributed by atoms with Gasteiger partial charge in [-0.15, -0.1) is 0 Å². The summed E-state index contributed by atoms with van der Waals surface area (Å²) in [4.78, 5) is 33.0. The van der Waals surface area contributed by atoms with Gasteiger partial charge >= 0.3 is 0 Å². The van der Waals surface area contributed by atoms with Gasteiger partial charge in [-0.3, -0.25) is 14.2 Å². The Hall–Kier alpha value is -3.88. The maximum absolute atomic E-state index is 13.2. The van der Waals surface area contributed by atoms with E-state index < -0.39 is 11.4 Å². The number of carbonyl (C=O) groups excluding carboxylic acids is 1. The summed E-state index contributed by atoms with van der Waals surface area (Å²) in [7, 11) is 0. The highest BCUT2D eigenvalue weighted by Crippen LogP contribution is 2.24. The van der Waals surface area contributed by atoms with Crippen LogP contribution in [0.5, 0.6) is 0 Å². The Labute approximate surface area is 157 Å². The van der Waals surface area contributed by atoms with Crippen LogP contribution in [0.15, 0.2) is 64.3 Å². The molecule has 28 heavy (non-hydrogen) atoms. The minimum absolute atomic E-state index is 0.0564. The van der Waals surface area contributed by atoms with Crippen LogP contribution >= 0.6 is 0 Å². The number of benzene rings is 1. The Balaban J connectivity index is 1.57. The Morgan fingerprint density at radius 2 is 1.96 bits per heavy atom. The molecule has 3 heterocycles. The van der Waals surface area contributed by atoms with Gasteiger partial charge in [-0.1, -0.05) is 11.2 Å². The highest BCUT2D eigenvalue weighted by Gasteiger charge is 2.17. The van der Waals surface area contributed by atoms with Gasteiger partial charge in [0, 0.05) is 24.7 Å². The zero-order valence-electron chi connectivity index (χ0n) is 14.5. The molecule has 0 spiro atoms. The summed E-state index contributed by atoms with van der Waals surface area (Å²) in [5.41, 5.74) is 0.499. The number of hydrogen-bond acceptors (Lipinski definition) is 6. The highest BCUT2D eigenvalue weighted by atomic mass is 19.1. The number of fused-ring (bicyclic) bond motifs is 1. The SMILES string of the molecule is O=C(CCn1cnc2onc(-c3ccc(F)cc3)c2c1=O)Nc1ccccn1. The zero-order chi connectivity index (χ0) is 19.5. The first kappa shape index (κ1) is 17.5. The van der Waals surface area contributed by atoms with E-state index in [0.29, 0.717) is 11.4 Å². The van der Waals surface area contributed by atoms with Crippen LogP contribution in [0.1, 0.15) is 6.42 Å². The van der Waals surface area contributed by atoms with Crippen LogP contribution in [-0.4, -0.2) is 25.6 Å². The number of carbonyl (C=O) groups is 1. The summed E-state index contributed by atoms with van der Waals surface area (Å²) in [6.07, 6.45) is 2.93. The zero-order valence-corrected chi connectivity index (χ0v) is 14.5. The molecule has 0 fully saturated rings. The molecule has 0 unspecified atom stereocenters. The van der Waals surface area contributed by atoms with E-state index in [2.05, 4.69) is 20.4 Å². The second-order valence-electron chi connectivity index (χ2n) is 5.97. The third-order valence-corrected chi connectivity index (χ3v) is 4.09. The lowest BCUT2D eigenvalue weighted by Crippen LogP contribution is -2.23. The third-order valence-electron chi connectivity index (χ3n) is 4.09. The van der Waals surface area contributed by atoms with Gasteiger partial charge in [0.25, 0.3) is 11.3 Å². The van der Waals surface area contributed by atoms with Gasteiger partial charge in [-0.2, -0.15) is 0 Å². The van der Waals surface area contributed by atoms with E-state index in [-0.39, 0.29) is 35.7 Å². The van der Waals surface area contributed by atoms with Crippen molar-refractivity contribution in [2.24, 2.45) is 0 Å². The number of aromatic nitrogens is 4. The number of anilines is 1. The first-order valence-corrected chi connectivity index (χ1v) is 8.43. The first-order valence-electron chi connectivity index (χ1n) is 8.43. The lowest BCUT2D eigenvalue weighted by atomic mass is 10.1. The topological polar surface area (TPSA) is 103 Å². The van der Waals surface area contributed by atoms with E-state index in [1.807, 2.05) is 0 Å². The van der Waals surface area contributed by atoms with Crippen molar-refractivity contribution in [1.29, 1.82) is 0 Å². The molecule has 1 amide bonds. The van der Waals surface area contributed by atoms with Crippen molar-refractivity contribution in [1.82, 2.24) is 19.7 Å². The maximum Gasteiger partial charge on any atom is 0.266 e. The number of pyridine rings is 1. The molecule has 9 heteroatoms. The van der Waals surface area contributed by atoms with Crippen LogP contribution in [0, 0.1) is 5.82 Å². The molecular formula is C19H14FN5O3. The quantitative estimate of drug-likeness (QED) is 0.572. The van der Waals surface area contributed by atoms with E-state index in [9.17, 15) is 14.0 Å². The van der Waals surface area contributed by atoms with Crippen molar-refractivity contribution in [3.8, 4) is 11.3 Å². The summed E-state index contributed by atoms with van der Waals surface area (Å²) >= 11 is 0. The normalized spacial score (nSPS) is 10.9. The van der Waals surface area contributed by atoms with Crippen LogP contribution < -0.4 is 10.9 Å². The average molecular weight is 379 g/mol. The number of halogens is 1. The van der Waals surface area contributed by atoms with Crippen molar-refractivity contribution in [2.45, 2.75) is 13.0 Å². The minimum Gasteiger partial charge on any atom is -0.335 e. The summed E-state index contributed by atoms with van der Waals surface area (Å²) in [6.45, 7) is 0.120. The third kappa shape index (κ3) is 3.50. The molecule has 0 atom stereocenters. The molecule has 1 N–H and O–H groups in total. The molecule has 0 aliphatic carbocycles. The van der Waals surface area contributed by atoms with Crippen molar-refractivity contribution in [2.75, 3.05) is 5.32 Å². The molecule has 140 valence electrons. The molecule has 0 radical (unpaired) electrons. The number of aryl methyl sites for hydroxylation is 1. The van der Waals surface area contributed by atoms with Crippen molar-refractivity contribution < 1.29 is 13.7 Å². The van der Waals surface area contributed by atoms with Gasteiger partial charge in [-0.25, -0.2) is 14.4 Å². The van der Waals surface area contributed by atoms with Crippen LogP contribution in [0.25, 0.3) is 22.4 Å². The molecule has 0 saturated carbocycles. The minimum atomic E-state index is -0.397. The molecule has 0 aliphatic heterocycles.